The Morgan fingerprint density at radius 2 is 2.00 bits per heavy atom. The van der Waals surface area contributed by atoms with Crippen molar-refractivity contribution < 1.29 is 19.2 Å². The number of carbonyl (C=O) groups is 1. The van der Waals surface area contributed by atoms with Gasteiger partial charge in [0, 0.05) is 36.3 Å². The van der Waals surface area contributed by atoms with E-state index in [9.17, 15) is 14.9 Å². The highest BCUT2D eigenvalue weighted by Crippen LogP contribution is 2.55. The van der Waals surface area contributed by atoms with Crippen LogP contribution in [0.5, 0.6) is 5.75 Å². The van der Waals surface area contributed by atoms with Gasteiger partial charge in [-0.2, -0.15) is 0 Å². The molecule has 2 aromatic rings. The van der Waals surface area contributed by atoms with Gasteiger partial charge in [0.1, 0.15) is 5.75 Å². The summed E-state index contributed by atoms with van der Waals surface area (Å²) in [6, 6.07) is 12.8. The lowest BCUT2D eigenvalue weighted by Gasteiger charge is -2.47. The third-order valence-electron chi connectivity index (χ3n) is 6.19. The van der Waals surface area contributed by atoms with E-state index in [1.807, 2.05) is 24.3 Å². The molecule has 0 radical (unpaired) electrons. The van der Waals surface area contributed by atoms with Gasteiger partial charge in [-0.1, -0.05) is 18.2 Å². The van der Waals surface area contributed by atoms with Gasteiger partial charge in [-0.05, 0) is 57.0 Å². The molecule has 0 unspecified atom stereocenters. The largest absolute Gasteiger partial charge is 0.466 e. The van der Waals surface area contributed by atoms with Gasteiger partial charge in [0.05, 0.1) is 16.9 Å². The van der Waals surface area contributed by atoms with E-state index in [1.165, 1.54) is 12.1 Å². The Hall–Kier alpha value is -3.35. The van der Waals surface area contributed by atoms with E-state index in [4.69, 9.17) is 9.47 Å². The van der Waals surface area contributed by atoms with Crippen LogP contribution in [0.4, 0.5) is 11.4 Å². The number of carbonyl (C=O) groups excluding carboxylic acids is 1. The lowest BCUT2D eigenvalue weighted by molar-refractivity contribution is -0.384. The molecule has 4 rings (SSSR count). The van der Waals surface area contributed by atoms with Crippen molar-refractivity contribution in [1.29, 1.82) is 0 Å². The minimum absolute atomic E-state index is 0.0308. The molecule has 0 aliphatic carbocycles. The molecule has 0 N–H and O–H groups in total. The molecule has 2 aliphatic rings. The maximum Gasteiger partial charge on any atom is 0.305 e. The summed E-state index contributed by atoms with van der Waals surface area (Å²) in [7, 11) is 0. The predicted molar refractivity (Wildman–Crippen MR) is 118 cm³/mol. The second-order valence-corrected chi connectivity index (χ2v) is 8.31. The summed E-state index contributed by atoms with van der Waals surface area (Å²) in [4.78, 5) is 24.8. The van der Waals surface area contributed by atoms with Crippen LogP contribution in [-0.4, -0.2) is 29.8 Å². The number of non-ortho nitro benzene ring substituents is 1. The lowest BCUT2D eigenvalue weighted by atomic mass is 9.76. The first-order valence-corrected chi connectivity index (χ1v) is 10.5. The first-order valence-electron chi connectivity index (χ1n) is 10.5. The summed E-state index contributed by atoms with van der Waals surface area (Å²) in [6.07, 6.45) is 4.84. The second kappa shape index (κ2) is 7.72. The molecular weight excluding hydrogens is 396 g/mol. The van der Waals surface area contributed by atoms with Crippen molar-refractivity contribution in [3.8, 4) is 5.75 Å². The van der Waals surface area contributed by atoms with Gasteiger partial charge in [0.2, 0.25) is 5.72 Å². The smallest absolute Gasteiger partial charge is 0.305 e. The number of benzene rings is 2. The number of nitro benzene ring substituents is 1. The molecule has 2 aliphatic heterocycles. The fraction of sp³-hybridized carbons (Fsp3) is 0.375. The second-order valence-electron chi connectivity index (χ2n) is 8.31. The van der Waals surface area contributed by atoms with E-state index in [2.05, 4.69) is 30.9 Å². The third-order valence-corrected chi connectivity index (χ3v) is 6.19. The molecule has 162 valence electrons. The molecule has 0 amide bonds. The van der Waals surface area contributed by atoms with Gasteiger partial charge in [-0.3, -0.25) is 14.9 Å². The van der Waals surface area contributed by atoms with Crippen LogP contribution < -0.4 is 9.64 Å². The number of nitrogens with zero attached hydrogens (tertiary/aromatic N) is 2. The third kappa shape index (κ3) is 3.34. The maximum atomic E-state index is 11.9. The quantitative estimate of drug-likeness (QED) is 0.376. The lowest BCUT2D eigenvalue weighted by Crippen LogP contribution is -2.59. The first-order chi connectivity index (χ1) is 14.8. The van der Waals surface area contributed by atoms with Crippen LogP contribution in [-0.2, 0) is 14.9 Å². The van der Waals surface area contributed by atoms with Crippen LogP contribution in [0.2, 0.25) is 0 Å². The van der Waals surface area contributed by atoms with Crippen LogP contribution in [0.15, 0.2) is 48.5 Å². The zero-order valence-electron chi connectivity index (χ0n) is 18.0. The standard InChI is InChI=1S/C24H26N2O5/c1-4-30-22(27)10-7-15-25-20-9-6-5-8-19(20)23(2,3)24(25)14-13-17-16-18(26(28)29)11-12-21(17)31-24/h5-6,8-9,11-14,16H,4,7,10,15H2,1-3H3/t24-/m0/s1. The number of fused-ring (bicyclic) bond motifs is 2. The Morgan fingerprint density at radius 1 is 1.23 bits per heavy atom. The van der Waals surface area contributed by atoms with Gasteiger partial charge in [-0.15, -0.1) is 0 Å². The molecule has 1 atom stereocenters. The summed E-state index contributed by atoms with van der Waals surface area (Å²) in [5.74, 6) is 0.394. The zero-order chi connectivity index (χ0) is 22.2. The zero-order valence-corrected chi connectivity index (χ0v) is 18.0. The van der Waals surface area contributed by atoms with Crippen molar-refractivity contribution >= 4 is 23.4 Å². The van der Waals surface area contributed by atoms with E-state index in [0.717, 1.165) is 11.3 Å². The van der Waals surface area contributed by atoms with E-state index in [-0.39, 0.29) is 11.7 Å². The van der Waals surface area contributed by atoms with E-state index in [1.54, 1.807) is 13.0 Å². The molecule has 7 heteroatoms. The molecule has 0 bridgehead atoms. The van der Waals surface area contributed by atoms with Crippen LogP contribution >= 0.6 is 0 Å². The van der Waals surface area contributed by atoms with Crippen LogP contribution in [0.25, 0.3) is 6.08 Å². The predicted octanol–water partition coefficient (Wildman–Crippen LogP) is 4.84. The minimum atomic E-state index is -0.811. The van der Waals surface area contributed by atoms with E-state index in [0.29, 0.717) is 37.3 Å². The van der Waals surface area contributed by atoms with E-state index < -0.39 is 16.1 Å². The van der Waals surface area contributed by atoms with Crippen molar-refractivity contribution in [3.63, 3.8) is 0 Å². The number of anilines is 1. The Balaban J connectivity index is 1.71. The monoisotopic (exact) mass is 422 g/mol. The SMILES string of the molecule is CCOC(=O)CCCN1c2ccccc2C(C)(C)[C@@]12C=Cc1cc([N+](=O)[O-])ccc1O2. The molecule has 0 aromatic heterocycles. The van der Waals surface area contributed by atoms with Crippen molar-refractivity contribution in [1.82, 2.24) is 0 Å². The molecular formula is C24H26N2O5. The number of hydrogen-bond donors (Lipinski definition) is 0. The fourth-order valence-corrected chi connectivity index (χ4v) is 4.61. The molecule has 31 heavy (non-hydrogen) atoms. The van der Waals surface area contributed by atoms with Gasteiger partial charge >= 0.3 is 5.97 Å². The van der Waals surface area contributed by atoms with Gasteiger partial charge in [-0.25, -0.2) is 0 Å². The summed E-state index contributed by atoms with van der Waals surface area (Å²) < 4.78 is 11.7. The molecule has 7 nitrogen and oxygen atoms in total. The minimum Gasteiger partial charge on any atom is -0.466 e. The van der Waals surface area contributed by atoms with Crippen LogP contribution in [0, 0.1) is 10.1 Å². The number of nitro groups is 1. The topological polar surface area (TPSA) is 81.9 Å². The number of para-hydroxylation sites is 1. The number of ether oxygens (including phenoxy) is 2. The van der Waals surface area contributed by atoms with E-state index >= 15 is 0 Å². The Kier molecular flexibility index (Phi) is 5.21. The Morgan fingerprint density at radius 3 is 2.74 bits per heavy atom. The van der Waals surface area contributed by atoms with Crippen molar-refractivity contribution in [2.75, 3.05) is 18.1 Å². The maximum absolute atomic E-state index is 11.9. The van der Waals surface area contributed by atoms with Gasteiger partial charge in [0.15, 0.2) is 0 Å². The Labute approximate surface area is 181 Å². The first kappa shape index (κ1) is 20.9. The molecule has 2 heterocycles. The summed E-state index contributed by atoms with van der Waals surface area (Å²) in [5.41, 5.74) is 1.71. The number of esters is 1. The number of hydrogen-bond acceptors (Lipinski definition) is 6. The van der Waals surface area contributed by atoms with Crippen molar-refractivity contribution in [2.24, 2.45) is 0 Å². The molecule has 2 aromatic carbocycles. The highest BCUT2D eigenvalue weighted by molar-refractivity contribution is 5.73. The number of rotatable bonds is 6. The van der Waals surface area contributed by atoms with Crippen molar-refractivity contribution in [2.45, 2.75) is 44.8 Å². The Bertz CT molecular complexity index is 1060. The highest BCUT2D eigenvalue weighted by Gasteiger charge is 2.58. The summed E-state index contributed by atoms with van der Waals surface area (Å²) in [6.45, 7) is 7.05. The molecule has 1 spiro atoms. The average molecular weight is 422 g/mol. The fourth-order valence-electron chi connectivity index (χ4n) is 4.61. The summed E-state index contributed by atoms with van der Waals surface area (Å²) >= 11 is 0. The summed E-state index contributed by atoms with van der Waals surface area (Å²) in [5, 5.41) is 11.2. The molecule has 0 saturated carbocycles. The molecule has 0 saturated heterocycles. The normalized spacial score (nSPS) is 20.2. The van der Waals surface area contributed by atoms with Gasteiger partial charge in [0.25, 0.3) is 5.69 Å². The van der Waals surface area contributed by atoms with Gasteiger partial charge < -0.3 is 14.4 Å². The highest BCUT2D eigenvalue weighted by atomic mass is 16.6. The van der Waals surface area contributed by atoms with Crippen LogP contribution in [0.3, 0.4) is 0 Å². The average Bonchev–Trinajstić information content (AvgIpc) is 2.92. The van der Waals surface area contributed by atoms with Crippen molar-refractivity contribution in [3.05, 3.63) is 69.8 Å². The molecule has 0 fully saturated rings. The van der Waals surface area contributed by atoms with Crippen LogP contribution in [0.1, 0.15) is 44.7 Å².